The lowest BCUT2D eigenvalue weighted by Crippen LogP contribution is -2.21. The summed E-state index contributed by atoms with van der Waals surface area (Å²) in [5, 5.41) is 3.21. The number of aromatic nitrogens is 1. The minimum absolute atomic E-state index is 0.314. The van der Waals surface area contributed by atoms with Crippen molar-refractivity contribution in [2.24, 2.45) is 0 Å². The van der Waals surface area contributed by atoms with Crippen molar-refractivity contribution in [3.63, 3.8) is 0 Å². The number of nitrogens with zero attached hydrogens (tertiary/aromatic N) is 1. The van der Waals surface area contributed by atoms with Gasteiger partial charge in [0.2, 0.25) is 5.89 Å². The van der Waals surface area contributed by atoms with Crippen LogP contribution in [0.3, 0.4) is 0 Å². The highest BCUT2D eigenvalue weighted by Gasteiger charge is 2.12. The van der Waals surface area contributed by atoms with Gasteiger partial charge in [-0.15, -0.1) is 0 Å². The molecule has 0 saturated carbocycles. The van der Waals surface area contributed by atoms with E-state index in [1.54, 1.807) is 18.3 Å². The van der Waals surface area contributed by atoms with Crippen LogP contribution in [0.5, 0.6) is 0 Å². The van der Waals surface area contributed by atoms with Gasteiger partial charge in [0, 0.05) is 11.6 Å². The quantitative estimate of drug-likeness (QED) is 0.934. The van der Waals surface area contributed by atoms with Crippen LogP contribution in [0.1, 0.15) is 19.7 Å². The van der Waals surface area contributed by atoms with Crippen molar-refractivity contribution < 1.29 is 8.81 Å². The van der Waals surface area contributed by atoms with Crippen molar-refractivity contribution in [3.05, 3.63) is 40.6 Å². The van der Waals surface area contributed by atoms with Gasteiger partial charge in [0.15, 0.2) is 5.76 Å². The first-order chi connectivity index (χ1) is 8.58. The van der Waals surface area contributed by atoms with Crippen molar-refractivity contribution in [2.75, 3.05) is 0 Å². The summed E-state index contributed by atoms with van der Waals surface area (Å²) in [6, 6.07) is 5.18. The molecule has 0 spiro atoms. The molecule has 0 aliphatic carbocycles. The minimum atomic E-state index is -0.314. The van der Waals surface area contributed by atoms with Gasteiger partial charge in [0.1, 0.15) is 5.82 Å². The second-order valence-corrected chi connectivity index (χ2v) is 5.05. The summed E-state index contributed by atoms with van der Waals surface area (Å²) in [6.45, 7) is 4.66. The maximum Gasteiger partial charge on any atom is 0.208 e. The van der Waals surface area contributed by atoms with Crippen LogP contribution in [0.15, 0.2) is 33.3 Å². The van der Waals surface area contributed by atoms with E-state index in [4.69, 9.17) is 4.42 Å². The van der Waals surface area contributed by atoms with E-state index in [1.165, 1.54) is 6.07 Å². The van der Waals surface area contributed by atoms with Gasteiger partial charge < -0.3 is 9.73 Å². The van der Waals surface area contributed by atoms with Gasteiger partial charge in [0.25, 0.3) is 0 Å². The molecule has 0 radical (unpaired) electrons. The Bertz CT molecular complexity index is 540. The molecule has 0 bridgehead atoms. The first-order valence-corrected chi connectivity index (χ1v) is 6.49. The number of rotatable bonds is 4. The van der Waals surface area contributed by atoms with Crippen molar-refractivity contribution in [1.29, 1.82) is 0 Å². The zero-order chi connectivity index (χ0) is 13.1. The Morgan fingerprint density at radius 3 is 2.94 bits per heavy atom. The van der Waals surface area contributed by atoms with Crippen molar-refractivity contribution in [2.45, 2.75) is 26.4 Å². The van der Waals surface area contributed by atoms with Crippen LogP contribution in [0.2, 0.25) is 0 Å². The van der Waals surface area contributed by atoms with Gasteiger partial charge in [-0.25, -0.2) is 9.37 Å². The van der Waals surface area contributed by atoms with Crippen LogP contribution < -0.4 is 5.32 Å². The van der Waals surface area contributed by atoms with Crippen molar-refractivity contribution in [3.8, 4) is 11.3 Å². The van der Waals surface area contributed by atoms with Gasteiger partial charge in [0.05, 0.1) is 17.2 Å². The maximum atomic E-state index is 13.4. The minimum Gasteiger partial charge on any atom is -0.439 e. The molecule has 0 saturated heterocycles. The summed E-state index contributed by atoms with van der Waals surface area (Å²) in [5.41, 5.74) is 0.665. The van der Waals surface area contributed by atoms with Crippen LogP contribution in [-0.2, 0) is 6.54 Å². The summed E-state index contributed by atoms with van der Waals surface area (Å²) >= 11 is 3.21. The Hall–Kier alpha value is -1.20. The predicted molar refractivity (Wildman–Crippen MR) is 71.6 cm³/mol. The predicted octanol–water partition coefficient (Wildman–Crippen LogP) is 3.74. The Labute approximate surface area is 114 Å². The fourth-order valence-corrected chi connectivity index (χ4v) is 1.96. The molecule has 18 heavy (non-hydrogen) atoms. The Balaban J connectivity index is 2.21. The first-order valence-electron chi connectivity index (χ1n) is 5.70. The molecular weight excluding hydrogens is 299 g/mol. The third-order valence-electron chi connectivity index (χ3n) is 2.43. The molecule has 3 nitrogen and oxygen atoms in total. The number of benzene rings is 1. The monoisotopic (exact) mass is 312 g/mol. The highest BCUT2D eigenvalue weighted by Crippen LogP contribution is 2.30. The molecule has 0 atom stereocenters. The third-order valence-corrected chi connectivity index (χ3v) is 3.24. The van der Waals surface area contributed by atoms with Crippen LogP contribution >= 0.6 is 15.9 Å². The molecule has 1 aromatic heterocycles. The molecule has 2 rings (SSSR count). The number of halogens is 2. The maximum absolute atomic E-state index is 13.4. The Kier molecular flexibility index (Phi) is 4.14. The summed E-state index contributed by atoms with van der Waals surface area (Å²) in [7, 11) is 0. The number of hydrogen-bond donors (Lipinski definition) is 1. The van der Waals surface area contributed by atoms with Crippen molar-refractivity contribution in [1.82, 2.24) is 10.3 Å². The van der Waals surface area contributed by atoms with E-state index in [-0.39, 0.29) is 5.82 Å². The van der Waals surface area contributed by atoms with Crippen molar-refractivity contribution >= 4 is 15.9 Å². The average molecular weight is 313 g/mol. The molecule has 1 aromatic carbocycles. The van der Waals surface area contributed by atoms with Crippen LogP contribution in [-0.4, -0.2) is 11.0 Å². The topological polar surface area (TPSA) is 38.1 Å². The van der Waals surface area contributed by atoms with E-state index in [9.17, 15) is 4.39 Å². The van der Waals surface area contributed by atoms with Gasteiger partial charge in [-0.05, 0) is 28.1 Å². The Morgan fingerprint density at radius 1 is 1.44 bits per heavy atom. The standard InChI is InChI=1S/C13H14BrFN2O/c1-8(2)16-7-12-17-6-11(18-12)9-4-3-5-10(15)13(9)14/h3-6,8,16H,7H2,1-2H3. The summed E-state index contributed by atoms with van der Waals surface area (Å²) < 4.78 is 19.4. The molecule has 1 N–H and O–H groups in total. The van der Waals surface area contributed by atoms with Crippen LogP contribution in [0, 0.1) is 5.82 Å². The lowest BCUT2D eigenvalue weighted by Gasteiger charge is -2.04. The average Bonchev–Trinajstić information content (AvgIpc) is 2.78. The van der Waals surface area contributed by atoms with E-state index in [1.807, 2.05) is 13.8 Å². The number of hydrogen-bond acceptors (Lipinski definition) is 3. The van der Waals surface area contributed by atoms with Gasteiger partial charge in [-0.3, -0.25) is 0 Å². The third kappa shape index (κ3) is 2.97. The SMILES string of the molecule is CC(C)NCc1ncc(-c2cccc(F)c2Br)o1. The van der Waals surface area contributed by atoms with Gasteiger partial charge in [-0.2, -0.15) is 0 Å². The second kappa shape index (κ2) is 5.63. The number of oxazole rings is 1. The van der Waals surface area contributed by atoms with Crippen LogP contribution in [0.25, 0.3) is 11.3 Å². The van der Waals surface area contributed by atoms with Gasteiger partial charge >= 0.3 is 0 Å². The Morgan fingerprint density at radius 2 is 2.22 bits per heavy atom. The molecule has 5 heteroatoms. The smallest absolute Gasteiger partial charge is 0.208 e. The van der Waals surface area contributed by atoms with E-state index < -0.39 is 0 Å². The largest absolute Gasteiger partial charge is 0.439 e. The normalized spacial score (nSPS) is 11.2. The molecule has 96 valence electrons. The zero-order valence-corrected chi connectivity index (χ0v) is 11.8. The molecule has 1 heterocycles. The zero-order valence-electron chi connectivity index (χ0n) is 10.2. The molecule has 0 fully saturated rings. The van der Waals surface area contributed by atoms with Gasteiger partial charge in [-0.1, -0.05) is 19.9 Å². The van der Waals surface area contributed by atoms with E-state index in [2.05, 4.69) is 26.2 Å². The van der Waals surface area contributed by atoms with E-state index in [0.717, 1.165) is 0 Å². The highest BCUT2D eigenvalue weighted by atomic mass is 79.9. The molecule has 0 unspecified atom stereocenters. The molecule has 2 aromatic rings. The lowest BCUT2D eigenvalue weighted by atomic mass is 10.2. The van der Waals surface area contributed by atoms with Crippen LogP contribution in [0.4, 0.5) is 4.39 Å². The summed E-state index contributed by atoms with van der Waals surface area (Å²) in [4.78, 5) is 4.16. The molecule has 0 aliphatic heterocycles. The highest BCUT2D eigenvalue weighted by molar-refractivity contribution is 9.10. The first kappa shape index (κ1) is 13.2. The second-order valence-electron chi connectivity index (χ2n) is 4.26. The molecule has 0 aliphatic rings. The fourth-order valence-electron chi connectivity index (χ4n) is 1.50. The lowest BCUT2D eigenvalue weighted by molar-refractivity contribution is 0.458. The van der Waals surface area contributed by atoms with E-state index in [0.29, 0.717) is 34.3 Å². The van der Waals surface area contributed by atoms with E-state index >= 15 is 0 Å². The number of nitrogens with one attached hydrogen (secondary N) is 1. The summed E-state index contributed by atoms with van der Waals surface area (Å²) in [6.07, 6.45) is 1.61. The molecule has 0 amide bonds. The molecular formula is C13H14BrFN2O. The summed E-state index contributed by atoms with van der Waals surface area (Å²) in [5.74, 6) is 0.836. The fraction of sp³-hybridized carbons (Fsp3) is 0.308.